The van der Waals surface area contributed by atoms with Crippen molar-refractivity contribution in [2.75, 3.05) is 37.2 Å². The molecule has 3 rings (SSSR count). The molecule has 0 unspecified atom stereocenters. The number of nitrogens with zero attached hydrogens (tertiary/aromatic N) is 1. The van der Waals surface area contributed by atoms with Crippen LogP contribution in [0.5, 0.6) is 5.75 Å². The minimum atomic E-state index is -3.73. The fourth-order valence-electron chi connectivity index (χ4n) is 4.29. The first-order valence-corrected chi connectivity index (χ1v) is 14.3. The molecule has 0 saturated carbocycles. The van der Waals surface area contributed by atoms with Gasteiger partial charge in [-0.3, -0.25) is 0 Å². The van der Waals surface area contributed by atoms with Gasteiger partial charge in [0, 0.05) is 18.3 Å². The molecule has 1 aliphatic heterocycles. The summed E-state index contributed by atoms with van der Waals surface area (Å²) in [7, 11) is -2.57. The Morgan fingerprint density at radius 2 is 1.97 bits per heavy atom. The number of esters is 1. The Kier molecular flexibility index (Phi) is 8.72. The number of fused-ring (bicyclic) bond motifs is 1. The summed E-state index contributed by atoms with van der Waals surface area (Å²) in [6.07, 6.45) is 2.87. The summed E-state index contributed by atoms with van der Waals surface area (Å²) in [5.74, 6) is -1.01. The van der Waals surface area contributed by atoms with Crippen molar-refractivity contribution in [3.8, 4) is 5.75 Å². The van der Waals surface area contributed by atoms with Crippen LogP contribution in [0.4, 0.5) is 15.8 Å². The van der Waals surface area contributed by atoms with Crippen LogP contribution in [0.3, 0.4) is 0 Å². The first kappa shape index (κ1) is 27.3. The second kappa shape index (κ2) is 11.2. The number of thioether (sulfide) groups is 1. The van der Waals surface area contributed by atoms with Gasteiger partial charge in [-0.1, -0.05) is 26.7 Å². The predicted octanol–water partition coefficient (Wildman–Crippen LogP) is 4.58. The first-order valence-electron chi connectivity index (χ1n) is 11.4. The summed E-state index contributed by atoms with van der Waals surface area (Å²) in [5, 5.41) is 9.93. The lowest BCUT2D eigenvalue weighted by Gasteiger charge is -2.34. The van der Waals surface area contributed by atoms with Gasteiger partial charge < -0.3 is 19.5 Å². The lowest BCUT2D eigenvalue weighted by molar-refractivity contribution is -0.151. The zero-order valence-electron chi connectivity index (χ0n) is 20.4. The largest absolute Gasteiger partial charge is 0.489 e. The molecule has 0 radical (unpaired) electrons. The Hall–Kier alpha value is -2.30. The summed E-state index contributed by atoms with van der Waals surface area (Å²) < 4.78 is 51.2. The average Bonchev–Trinajstić information content (AvgIpc) is 2.92. The maximum Gasteiger partial charge on any atom is 0.338 e. The van der Waals surface area contributed by atoms with Crippen LogP contribution in [0, 0.1) is 11.2 Å². The Balaban J connectivity index is 2.14. The SMILES string of the molecule is CCCC[C@@]1(C)CN(c2ccc(F)cc2)c2cc(SC)c(OC[C@H](O)C(=O)OC)cc2S(=O)(=O)C1. The number of halogens is 1. The molecule has 0 amide bonds. The zero-order valence-corrected chi connectivity index (χ0v) is 22.0. The molecule has 0 fully saturated rings. The zero-order chi connectivity index (χ0) is 25.8. The van der Waals surface area contributed by atoms with Crippen molar-refractivity contribution in [3.05, 3.63) is 42.2 Å². The molecule has 1 heterocycles. The molecular weight excluding hydrogens is 493 g/mol. The lowest BCUT2D eigenvalue weighted by atomic mass is 9.86. The van der Waals surface area contributed by atoms with Crippen LogP contribution in [-0.2, 0) is 19.4 Å². The Labute approximate surface area is 210 Å². The molecule has 0 aromatic heterocycles. The predicted molar refractivity (Wildman–Crippen MR) is 135 cm³/mol. The highest BCUT2D eigenvalue weighted by molar-refractivity contribution is 7.98. The van der Waals surface area contributed by atoms with Crippen LogP contribution >= 0.6 is 11.8 Å². The highest BCUT2D eigenvalue weighted by Gasteiger charge is 2.40. The Bertz CT molecular complexity index is 1160. The van der Waals surface area contributed by atoms with Crippen molar-refractivity contribution in [2.24, 2.45) is 5.41 Å². The molecule has 1 N–H and O–H groups in total. The normalized spacial score (nSPS) is 20.0. The van der Waals surface area contributed by atoms with Crippen molar-refractivity contribution < 1.29 is 32.2 Å². The maximum absolute atomic E-state index is 13.7. The number of carbonyl (C=O) groups is 1. The number of carbonyl (C=O) groups excluding carboxylic acids is 1. The van der Waals surface area contributed by atoms with Gasteiger partial charge in [0.25, 0.3) is 0 Å². The Morgan fingerprint density at radius 1 is 1.29 bits per heavy atom. The number of aliphatic hydroxyl groups is 1. The van der Waals surface area contributed by atoms with E-state index in [-0.39, 0.29) is 28.8 Å². The number of hydrogen-bond donors (Lipinski definition) is 1. The highest BCUT2D eigenvalue weighted by atomic mass is 32.2. The summed E-state index contributed by atoms with van der Waals surface area (Å²) in [4.78, 5) is 14.2. The van der Waals surface area contributed by atoms with E-state index >= 15 is 0 Å². The quantitative estimate of drug-likeness (QED) is 0.376. The van der Waals surface area contributed by atoms with Gasteiger partial charge in [-0.25, -0.2) is 17.6 Å². The number of sulfone groups is 1. The van der Waals surface area contributed by atoms with Crippen molar-refractivity contribution in [2.45, 2.75) is 49.0 Å². The number of unbranched alkanes of at least 4 members (excludes halogenated alkanes) is 1. The molecule has 2 aromatic carbocycles. The van der Waals surface area contributed by atoms with Gasteiger partial charge in [-0.2, -0.15) is 0 Å². The molecule has 35 heavy (non-hydrogen) atoms. The number of aliphatic hydroxyl groups excluding tert-OH is 1. The van der Waals surface area contributed by atoms with E-state index in [1.807, 2.05) is 18.1 Å². The second-order valence-electron chi connectivity index (χ2n) is 9.06. The fraction of sp³-hybridized carbons (Fsp3) is 0.480. The van der Waals surface area contributed by atoms with E-state index in [4.69, 9.17) is 4.74 Å². The fourth-order valence-corrected chi connectivity index (χ4v) is 6.92. The molecule has 2 atom stereocenters. The number of hydrogen-bond acceptors (Lipinski definition) is 8. The average molecular weight is 526 g/mol. The van der Waals surface area contributed by atoms with E-state index in [1.165, 1.54) is 30.0 Å². The molecule has 7 nitrogen and oxygen atoms in total. The standard InChI is InChI=1S/C25H32FNO6S2/c1-5-6-11-25(2)15-27(18-9-7-17(26)8-10-18)19-12-22(34-4)21(13-23(19)35(30,31)16-25)33-14-20(28)24(29)32-3/h7-10,12-13,20,28H,5-6,11,14-16H2,1-4H3/t20-,25-/m0/s1. The molecule has 10 heteroatoms. The van der Waals surface area contributed by atoms with E-state index in [9.17, 15) is 22.7 Å². The van der Waals surface area contributed by atoms with Gasteiger partial charge in [0.2, 0.25) is 0 Å². The van der Waals surface area contributed by atoms with Crippen LogP contribution in [0.2, 0.25) is 0 Å². The second-order valence-corrected chi connectivity index (χ2v) is 11.9. The molecule has 0 bridgehead atoms. The molecule has 0 saturated heterocycles. The van der Waals surface area contributed by atoms with Crippen molar-refractivity contribution in [1.29, 1.82) is 0 Å². The van der Waals surface area contributed by atoms with E-state index in [1.54, 1.807) is 18.2 Å². The van der Waals surface area contributed by atoms with Gasteiger partial charge in [-0.05, 0) is 48.4 Å². The van der Waals surface area contributed by atoms with Crippen LogP contribution < -0.4 is 9.64 Å². The lowest BCUT2D eigenvalue weighted by Crippen LogP contribution is -2.35. The van der Waals surface area contributed by atoms with Crippen molar-refractivity contribution in [1.82, 2.24) is 0 Å². The minimum absolute atomic E-state index is 0.0481. The van der Waals surface area contributed by atoms with E-state index in [0.717, 1.165) is 26.4 Å². The highest BCUT2D eigenvalue weighted by Crippen LogP contribution is 2.46. The van der Waals surface area contributed by atoms with Crippen LogP contribution in [0.1, 0.15) is 33.1 Å². The van der Waals surface area contributed by atoms with E-state index in [0.29, 0.717) is 22.8 Å². The third-order valence-electron chi connectivity index (χ3n) is 6.09. The summed E-state index contributed by atoms with van der Waals surface area (Å²) in [6, 6.07) is 9.22. The Morgan fingerprint density at radius 3 is 2.57 bits per heavy atom. The van der Waals surface area contributed by atoms with E-state index < -0.39 is 27.3 Å². The summed E-state index contributed by atoms with van der Waals surface area (Å²) in [5.41, 5.74) is 0.639. The number of methoxy groups -OCH3 is 1. The number of benzene rings is 2. The molecule has 1 aliphatic rings. The first-order chi connectivity index (χ1) is 16.5. The minimum Gasteiger partial charge on any atom is -0.489 e. The number of anilines is 2. The molecule has 192 valence electrons. The third-order valence-corrected chi connectivity index (χ3v) is 8.92. The topological polar surface area (TPSA) is 93.1 Å². The van der Waals surface area contributed by atoms with Crippen LogP contribution in [0.25, 0.3) is 0 Å². The van der Waals surface area contributed by atoms with Gasteiger partial charge in [0.1, 0.15) is 18.2 Å². The molecule has 2 aromatic rings. The smallest absolute Gasteiger partial charge is 0.338 e. The monoisotopic (exact) mass is 525 g/mol. The van der Waals surface area contributed by atoms with Crippen molar-refractivity contribution >= 4 is 38.9 Å². The summed E-state index contributed by atoms with van der Waals surface area (Å²) in [6.45, 7) is 4.11. The number of ether oxygens (including phenoxy) is 2. The molecule has 0 aliphatic carbocycles. The maximum atomic E-state index is 13.7. The van der Waals surface area contributed by atoms with E-state index in [2.05, 4.69) is 11.7 Å². The van der Waals surface area contributed by atoms with Gasteiger partial charge in [0.05, 0.1) is 28.3 Å². The van der Waals surface area contributed by atoms with Crippen LogP contribution in [-0.4, -0.2) is 57.9 Å². The van der Waals surface area contributed by atoms with Gasteiger partial charge in [0.15, 0.2) is 15.9 Å². The summed E-state index contributed by atoms with van der Waals surface area (Å²) >= 11 is 1.35. The van der Waals surface area contributed by atoms with Crippen LogP contribution in [0.15, 0.2) is 46.2 Å². The third kappa shape index (κ3) is 6.29. The molecular formula is C25H32FNO6S2. The molecule has 0 spiro atoms. The van der Waals surface area contributed by atoms with Gasteiger partial charge >= 0.3 is 5.97 Å². The number of rotatable bonds is 9. The van der Waals surface area contributed by atoms with Gasteiger partial charge in [-0.15, -0.1) is 11.8 Å². The van der Waals surface area contributed by atoms with Crippen molar-refractivity contribution in [3.63, 3.8) is 0 Å².